The van der Waals surface area contributed by atoms with Crippen LogP contribution >= 0.6 is 0 Å². The van der Waals surface area contributed by atoms with Gasteiger partial charge in [0.1, 0.15) is 0 Å². The van der Waals surface area contributed by atoms with Crippen molar-refractivity contribution in [1.29, 1.82) is 0 Å². The SMILES string of the molecule is CC(C)c1ccc(C(=O)OCC(=O)Nc2cccc(S(C)(=O)=O)c2)c(C(C)C)c1. The molecule has 156 valence electrons. The summed E-state index contributed by atoms with van der Waals surface area (Å²) in [5.41, 5.74) is 2.77. The van der Waals surface area contributed by atoms with E-state index in [1.165, 1.54) is 18.2 Å². The largest absolute Gasteiger partial charge is 0.452 e. The van der Waals surface area contributed by atoms with Gasteiger partial charge in [0.05, 0.1) is 10.5 Å². The van der Waals surface area contributed by atoms with Crippen LogP contribution in [0, 0.1) is 0 Å². The zero-order valence-corrected chi connectivity index (χ0v) is 18.2. The maximum atomic E-state index is 12.5. The molecule has 1 amide bonds. The van der Waals surface area contributed by atoms with E-state index < -0.39 is 28.3 Å². The number of sulfone groups is 1. The Morgan fingerprint density at radius 2 is 1.69 bits per heavy atom. The monoisotopic (exact) mass is 417 g/mol. The first-order valence-corrected chi connectivity index (χ1v) is 11.3. The van der Waals surface area contributed by atoms with Crippen LogP contribution in [0.15, 0.2) is 47.4 Å². The highest BCUT2D eigenvalue weighted by Gasteiger charge is 2.18. The summed E-state index contributed by atoms with van der Waals surface area (Å²) in [4.78, 5) is 24.7. The van der Waals surface area contributed by atoms with Gasteiger partial charge in [-0.15, -0.1) is 0 Å². The predicted molar refractivity (Wildman–Crippen MR) is 113 cm³/mol. The number of hydrogen-bond donors (Lipinski definition) is 1. The molecule has 29 heavy (non-hydrogen) atoms. The van der Waals surface area contributed by atoms with Crippen molar-refractivity contribution < 1.29 is 22.7 Å². The standard InChI is InChI=1S/C22H27NO5S/c1-14(2)16-9-10-19(20(11-16)15(3)4)22(25)28-13-21(24)23-17-7-6-8-18(12-17)29(5,26)27/h6-12,14-15H,13H2,1-5H3,(H,23,24). The fraction of sp³-hybridized carbons (Fsp3) is 0.364. The van der Waals surface area contributed by atoms with E-state index in [9.17, 15) is 18.0 Å². The van der Waals surface area contributed by atoms with Gasteiger partial charge in [-0.05, 0) is 47.2 Å². The molecule has 0 saturated carbocycles. The molecule has 2 aromatic carbocycles. The quantitative estimate of drug-likeness (QED) is 0.684. The van der Waals surface area contributed by atoms with Gasteiger partial charge < -0.3 is 10.1 Å². The van der Waals surface area contributed by atoms with Crippen molar-refractivity contribution in [2.75, 3.05) is 18.2 Å². The molecule has 2 rings (SSSR count). The van der Waals surface area contributed by atoms with E-state index in [1.807, 2.05) is 26.0 Å². The van der Waals surface area contributed by atoms with Crippen molar-refractivity contribution in [3.05, 3.63) is 59.2 Å². The van der Waals surface area contributed by atoms with Crippen LogP contribution in [0.5, 0.6) is 0 Å². The Hall–Kier alpha value is -2.67. The molecule has 0 saturated heterocycles. The first-order chi connectivity index (χ1) is 13.5. The molecule has 0 unspecified atom stereocenters. The van der Waals surface area contributed by atoms with Crippen molar-refractivity contribution in [2.24, 2.45) is 0 Å². The van der Waals surface area contributed by atoms with E-state index >= 15 is 0 Å². The molecule has 0 aliphatic heterocycles. The maximum absolute atomic E-state index is 12.5. The van der Waals surface area contributed by atoms with E-state index in [2.05, 4.69) is 19.2 Å². The molecule has 0 heterocycles. The molecule has 0 aliphatic carbocycles. The topological polar surface area (TPSA) is 89.5 Å². The van der Waals surface area contributed by atoms with E-state index in [4.69, 9.17) is 4.74 Å². The number of ether oxygens (including phenoxy) is 1. The van der Waals surface area contributed by atoms with Gasteiger partial charge in [0.2, 0.25) is 0 Å². The zero-order chi connectivity index (χ0) is 21.8. The van der Waals surface area contributed by atoms with Gasteiger partial charge in [0.15, 0.2) is 16.4 Å². The van der Waals surface area contributed by atoms with Crippen molar-refractivity contribution >= 4 is 27.4 Å². The number of amides is 1. The zero-order valence-electron chi connectivity index (χ0n) is 17.4. The second kappa shape index (κ2) is 9.22. The van der Waals surface area contributed by atoms with E-state index in [0.29, 0.717) is 17.2 Å². The molecule has 0 spiro atoms. The number of carbonyl (C=O) groups excluding carboxylic acids is 2. The Morgan fingerprint density at radius 3 is 2.28 bits per heavy atom. The molecule has 0 aliphatic rings. The minimum absolute atomic E-state index is 0.0964. The third-order valence-electron chi connectivity index (χ3n) is 4.46. The molecule has 6 nitrogen and oxygen atoms in total. The fourth-order valence-corrected chi connectivity index (χ4v) is 3.48. The lowest BCUT2D eigenvalue weighted by Crippen LogP contribution is -2.21. The second-order valence-corrected chi connectivity index (χ2v) is 9.60. The minimum atomic E-state index is -3.38. The molecule has 0 radical (unpaired) electrons. The number of anilines is 1. The van der Waals surface area contributed by atoms with Gasteiger partial charge in [-0.2, -0.15) is 0 Å². The third kappa shape index (κ3) is 6.15. The average Bonchev–Trinajstić information content (AvgIpc) is 2.65. The molecule has 2 aromatic rings. The van der Waals surface area contributed by atoms with Crippen LogP contribution in [0.25, 0.3) is 0 Å². The predicted octanol–water partition coefficient (Wildman–Crippen LogP) is 4.13. The lowest BCUT2D eigenvalue weighted by atomic mass is 9.91. The lowest BCUT2D eigenvalue weighted by molar-refractivity contribution is -0.119. The summed E-state index contributed by atoms with van der Waals surface area (Å²) < 4.78 is 28.4. The number of carbonyl (C=O) groups is 2. The van der Waals surface area contributed by atoms with Crippen LogP contribution in [0.3, 0.4) is 0 Å². The van der Waals surface area contributed by atoms with Gasteiger partial charge in [-0.1, -0.05) is 45.9 Å². The summed E-state index contributed by atoms with van der Waals surface area (Å²) in [5.74, 6) is -0.646. The van der Waals surface area contributed by atoms with Crippen molar-refractivity contribution in [2.45, 2.75) is 44.4 Å². The molecule has 1 N–H and O–H groups in total. The highest BCUT2D eigenvalue weighted by atomic mass is 32.2. The van der Waals surface area contributed by atoms with Crippen LogP contribution < -0.4 is 5.32 Å². The van der Waals surface area contributed by atoms with Crippen LogP contribution in [-0.4, -0.2) is 33.2 Å². The molecular weight excluding hydrogens is 390 g/mol. The van der Waals surface area contributed by atoms with E-state index in [0.717, 1.165) is 17.4 Å². The summed E-state index contributed by atoms with van der Waals surface area (Å²) in [6, 6.07) is 11.5. The van der Waals surface area contributed by atoms with Gasteiger partial charge in [0, 0.05) is 11.9 Å². The van der Waals surface area contributed by atoms with Crippen molar-refractivity contribution in [3.8, 4) is 0 Å². The maximum Gasteiger partial charge on any atom is 0.338 e. The Kier molecular flexibility index (Phi) is 7.19. The summed E-state index contributed by atoms with van der Waals surface area (Å²) >= 11 is 0. The first-order valence-electron chi connectivity index (χ1n) is 9.40. The fourth-order valence-electron chi connectivity index (χ4n) is 2.81. The summed E-state index contributed by atoms with van der Waals surface area (Å²) in [5, 5.41) is 2.54. The van der Waals surface area contributed by atoms with Crippen molar-refractivity contribution in [3.63, 3.8) is 0 Å². The first kappa shape index (κ1) is 22.6. The summed E-state index contributed by atoms with van der Waals surface area (Å²) in [7, 11) is -3.38. The molecule has 7 heteroatoms. The van der Waals surface area contributed by atoms with Gasteiger partial charge in [-0.3, -0.25) is 4.79 Å². The number of esters is 1. The Labute approximate surface area is 172 Å². The summed E-state index contributed by atoms with van der Waals surface area (Å²) in [6.07, 6.45) is 1.09. The highest BCUT2D eigenvalue weighted by Crippen LogP contribution is 2.25. The van der Waals surface area contributed by atoms with Crippen LogP contribution in [0.2, 0.25) is 0 Å². The number of rotatable bonds is 7. The number of hydrogen-bond acceptors (Lipinski definition) is 5. The van der Waals surface area contributed by atoms with Crippen molar-refractivity contribution in [1.82, 2.24) is 0 Å². The molecule has 0 atom stereocenters. The average molecular weight is 418 g/mol. The molecule has 0 fully saturated rings. The van der Waals surface area contributed by atoms with Crippen LogP contribution in [0.4, 0.5) is 5.69 Å². The number of benzene rings is 2. The minimum Gasteiger partial charge on any atom is -0.452 e. The molecule has 0 aromatic heterocycles. The van der Waals surface area contributed by atoms with E-state index in [-0.39, 0.29) is 10.8 Å². The highest BCUT2D eigenvalue weighted by molar-refractivity contribution is 7.90. The van der Waals surface area contributed by atoms with Crippen LogP contribution in [0.1, 0.15) is 61.0 Å². The second-order valence-electron chi connectivity index (χ2n) is 7.58. The summed E-state index contributed by atoms with van der Waals surface area (Å²) in [6.45, 7) is 7.70. The molecule has 0 bridgehead atoms. The van der Waals surface area contributed by atoms with Gasteiger partial charge in [-0.25, -0.2) is 13.2 Å². The molecular formula is C22H27NO5S. The Morgan fingerprint density at radius 1 is 1.00 bits per heavy atom. The normalized spacial score (nSPS) is 11.6. The smallest absolute Gasteiger partial charge is 0.338 e. The Balaban J connectivity index is 2.07. The van der Waals surface area contributed by atoms with Crippen LogP contribution in [-0.2, 0) is 19.4 Å². The van der Waals surface area contributed by atoms with E-state index in [1.54, 1.807) is 12.1 Å². The van der Waals surface area contributed by atoms with Gasteiger partial charge in [0.25, 0.3) is 5.91 Å². The third-order valence-corrected chi connectivity index (χ3v) is 5.57. The lowest BCUT2D eigenvalue weighted by Gasteiger charge is -2.15. The Bertz CT molecular complexity index is 1010. The van der Waals surface area contributed by atoms with Gasteiger partial charge >= 0.3 is 5.97 Å². The number of nitrogens with one attached hydrogen (secondary N) is 1.